The van der Waals surface area contributed by atoms with E-state index in [4.69, 9.17) is 18.9 Å². The summed E-state index contributed by atoms with van der Waals surface area (Å²) in [6, 6.07) is 24.9. The Balaban J connectivity index is 0.986. The summed E-state index contributed by atoms with van der Waals surface area (Å²) in [5.41, 5.74) is 6.35. The van der Waals surface area contributed by atoms with Crippen LogP contribution in [0.3, 0.4) is 0 Å². The number of methoxy groups -OCH3 is 2. The predicted octanol–water partition coefficient (Wildman–Crippen LogP) is 7.40. The summed E-state index contributed by atoms with van der Waals surface area (Å²) in [7, 11) is 3.21. The Labute approximate surface area is 274 Å². The SMILES string of the molecule is COc1cc(C=C2c3ccccc3C(=O)c3ccccc32)ccc1OCCCCOc1cc2c(cc1OC)C(=O)N1CCCC1C=N2. The summed E-state index contributed by atoms with van der Waals surface area (Å²) < 4.78 is 23.4. The molecule has 1 fully saturated rings. The first-order valence-corrected chi connectivity index (χ1v) is 16.0. The molecule has 0 saturated carbocycles. The number of aliphatic imine (C=N–C) groups is 1. The number of carbonyl (C=O) groups is 2. The molecule has 1 amide bonds. The van der Waals surface area contributed by atoms with E-state index in [1.807, 2.05) is 77.8 Å². The Hall–Kier alpha value is -5.37. The van der Waals surface area contributed by atoms with Crippen LogP contribution in [-0.2, 0) is 0 Å². The number of rotatable bonds is 10. The van der Waals surface area contributed by atoms with E-state index in [1.165, 1.54) is 0 Å². The van der Waals surface area contributed by atoms with E-state index in [9.17, 15) is 9.59 Å². The minimum atomic E-state index is -0.0109. The minimum absolute atomic E-state index is 0.0109. The average Bonchev–Trinajstić information content (AvgIpc) is 3.54. The van der Waals surface area contributed by atoms with Gasteiger partial charge in [0.1, 0.15) is 0 Å². The molecule has 2 heterocycles. The summed E-state index contributed by atoms with van der Waals surface area (Å²) in [6.07, 6.45) is 7.41. The van der Waals surface area contributed by atoms with Gasteiger partial charge in [-0.1, -0.05) is 54.6 Å². The van der Waals surface area contributed by atoms with Crippen LogP contribution in [-0.4, -0.2) is 62.8 Å². The number of benzene rings is 4. The molecule has 0 spiro atoms. The predicted molar refractivity (Wildman–Crippen MR) is 182 cm³/mol. The van der Waals surface area contributed by atoms with E-state index in [2.05, 4.69) is 11.1 Å². The van der Waals surface area contributed by atoms with Crippen LogP contribution in [0.5, 0.6) is 23.0 Å². The second-order valence-corrected chi connectivity index (χ2v) is 11.8. The van der Waals surface area contributed by atoms with Gasteiger partial charge in [0.25, 0.3) is 5.91 Å². The van der Waals surface area contributed by atoms with E-state index < -0.39 is 0 Å². The van der Waals surface area contributed by atoms with Crippen molar-refractivity contribution in [2.75, 3.05) is 34.0 Å². The molecule has 47 heavy (non-hydrogen) atoms. The number of ether oxygens (including phenoxy) is 4. The zero-order chi connectivity index (χ0) is 32.3. The Morgan fingerprint density at radius 2 is 1.38 bits per heavy atom. The quantitative estimate of drug-likeness (QED) is 0.150. The molecule has 0 aromatic heterocycles. The Morgan fingerprint density at radius 3 is 2.06 bits per heavy atom. The van der Waals surface area contributed by atoms with Crippen LogP contribution in [0.4, 0.5) is 5.69 Å². The minimum Gasteiger partial charge on any atom is -0.493 e. The summed E-state index contributed by atoms with van der Waals surface area (Å²) in [5.74, 6) is 2.41. The molecule has 1 atom stereocenters. The van der Waals surface area contributed by atoms with Crippen LogP contribution in [0.1, 0.15) is 68.7 Å². The lowest BCUT2D eigenvalue weighted by Gasteiger charge is -2.21. The average molecular weight is 629 g/mol. The van der Waals surface area contributed by atoms with E-state index in [-0.39, 0.29) is 17.7 Å². The first-order chi connectivity index (χ1) is 23.1. The molecule has 238 valence electrons. The van der Waals surface area contributed by atoms with E-state index >= 15 is 0 Å². The third-order valence-corrected chi connectivity index (χ3v) is 8.93. The van der Waals surface area contributed by atoms with Gasteiger partial charge in [0.2, 0.25) is 0 Å². The number of unbranched alkanes of at least 4 members (excludes halogenated alkanes) is 1. The third kappa shape index (κ3) is 5.87. The van der Waals surface area contributed by atoms with Crippen LogP contribution in [0.2, 0.25) is 0 Å². The van der Waals surface area contributed by atoms with Crippen LogP contribution < -0.4 is 18.9 Å². The highest BCUT2D eigenvalue weighted by Crippen LogP contribution is 2.40. The lowest BCUT2D eigenvalue weighted by molar-refractivity contribution is 0.0774. The molecule has 8 heteroatoms. The number of amides is 1. The molecule has 1 unspecified atom stereocenters. The molecule has 1 aliphatic carbocycles. The molecule has 0 bridgehead atoms. The van der Waals surface area contributed by atoms with Crippen LogP contribution in [0.25, 0.3) is 11.6 Å². The Kier molecular flexibility index (Phi) is 8.48. The first kappa shape index (κ1) is 30.3. The van der Waals surface area contributed by atoms with Crippen molar-refractivity contribution >= 4 is 35.2 Å². The highest BCUT2D eigenvalue weighted by molar-refractivity contribution is 6.20. The van der Waals surface area contributed by atoms with Crippen molar-refractivity contribution in [2.24, 2.45) is 4.99 Å². The van der Waals surface area contributed by atoms with E-state index in [1.54, 1.807) is 26.4 Å². The van der Waals surface area contributed by atoms with Gasteiger partial charge >= 0.3 is 0 Å². The molecule has 4 aromatic rings. The van der Waals surface area contributed by atoms with Crippen molar-refractivity contribution in [3.05, 3.63) is 112 Å². The lowest BCUT2D eigenvalue weighted by atomic mass is 9.81. The fourth-order valence-corrected chi connectivity index (χ4v) is 6.53. The van der Waals surface area contributed by atoms with E-state index in [0.717, 1.165) is 54.5 Å². The fourth-order valence-electron chi connectivity index (χ4n) is 6.53. The molecule has 0 radical (unpaired) electrons. The molecule has 8 nitrogen and oxygen atoms in total. The molecular weight excluding hydrogens is 592 g/mol. The number of nitrogens with zero attached hydrogens (tertiary/aromatic N) is 2. The van der Waals surface area contributed by atoms with Gasteiger partial charge in [0, 0.05) is 30.0 Å². The van der Waals surface area contributed by atoms with Gasteiger partial charge in [0.05, 0.1) is 44.7 Å². The summed E-state index contributed by atoms with van der Waals surface area (Å²) in [5, 5.41) is 0. The van der Waals surface area contributed by atoms with Crippen molar-refractivity contribution in [2.45, 2.75) is 31.7 Å². The van der Waals surface area contributed by atoms with Crippen molar-refractivity contribution in [3.8, 4) is 23.0 Å². The van der Waals surface area contributed by atoms with Crippen LogP contribution in [0, 0.1) is 0 Å². The van der Waals surface area contributed by atoms with Crippen molar-refractivity contribution in [3.63, 3.8) is 0 Å². The maximum Gasteiger partial charge on any atom is 0.256 e. The molecular formula is C39H36N2O6. The maximum atomic E-state index is 13.1. The highest BCUT2D eigenvalue weighted by atomic mass is 16.5. The summed E-state index contributed by atoms with van der Waals surface area (Å²) in [4.78, 5) is 32.7. The number of carbonyl (C=O) groups excluding carboxylic acids is 2. The number of hydrogen-bond donors (Lipinski definition) is 0. The normalized spacial score (nSPS) is 16.1. The second-order valence-electron chi connectivity index (χ2n) is 11.8. The fraction of sp³-hybridized carbons (Fsp3) is 0.256. The van der Waals surface area contributed by atoms with Gasteiger partial charge in [-0.15, -0.1) is 0 Å². The van der Waals surface area contributed by atoms with Gasteiger partial charge in [-0.25, -0.2) is 0 Å². The summed E-state index contributed by atoms with van der Waals surface area (Å²) in [6.45, 7) is 1.69. The molecule has 1 saturated heterocycles. The number of hydrogen-bond acceptors (Lipinski definition) is 7. The molecule has 2 aliphatic heterocycles. The highest BCUT2D eigenvalue weighted by Gasteiger charge is 2.32. The third-order valence-electron chi connectivity index (χ3n) is 8.93. The summed E-state index contributed by atoms with van der Waals surface area (Å²) >= 11 is 0. The lowest BCUT2D eigenvalue weighted by Crippen LogP contribution is -2.35. The maximum absolute atomic E-state index is 13.1. The van der Waals surface area contributed by atoms with E-state index in [0.29, 0.717) is 58.6 Å². The standard InChI is InChI=1S/C39H36N2O6/c1-44-35-21-25(20-31-27-11-3-5-13-29(27)38(42)30-14-6-4-12-28(30)31)15-16-34(35)46-18-7-8-19-47-37-23-33-32(22-36(37)45-2)39(43)41-17-9-10-26(41)24-40-33/h3-6,11-16,20-24,26H,7-10,17-19H2,1-2H3. The molecule has 7 rings (SSSR count). The zero-order valence-electron chi connectivity index (χ0n) is 26.5. The molecule has 3 aliphatic rings. The monoisotopic (exact) mass is 628 g/mol. The molecule has 0 N–H and O–H groups in total. The van der Waals surface area contributed by atoms with Crippen molar-refractivity contribution in [1.82, 2.24) is 4.90 Å². The van der Waals surface area contributed by atoms with Crippen LogP contribution >= 0.6 is 0 Å². The van der Waals surface area contributed by atoms with Crippen LogP contribution in [0.15, 0.2) is 83.9 Å². The van der Waals surface area contributed by atoms with Crippen molar-refractivity contribution in [1.29, 1.82) is 0 Å². The van der Waals surface area contributed by atoms with Gasteiger partial charge in [-0.05, 0) is 72.2 Å². The van der Waals surface area contributed by atoms with Gasteiger partial charge in [-0.3, -0.25) is 14.6 Å². The van der Waals surface area contributed by atoms with Gasteiger partial charge in [0.15, 0.2) is 28.8 Å². The Morgan fingerprint density at radius 1 is 0.745 bits per heavy atom. The van der Waals surface area contributed by atoms with Gasteiger partial charge < -0.3 is 23.8 Å². The second kappa shape index (κ2) is 13.2. The number of fused-ring (bicyclic) bond motifs is 4. The van der Waals surface area contributed by atoms with Gasteiger partial charge in [-0.2, -0.15) is 0 Å². The first-order valence-electron chi connectivity index (χ1n) is 16.0. The van der Waals surface area contributed by atoms with Crippen molar-refractivity contribution < 1.29 is 28.5 Å². The molecule has 4 aromatic carbocycles. The largest absolute Gasteiger partial charge is 0.493 e. The topological polar surface area (TPSA) is 86.7 Å². The smallest absolute Gasteiger partial charge is 0.256 e. The zero-order valence-corrected chi connectivity index (χ0v) is 26.5. The number of ketones is 1. The Bertz CT molecular complexity index is 1860.